The first kappa shape index (κ1) is 45.3. The fourth-order valence-electron chi connectivity index (χ4n) is 6.25. The highest BCUT2D eigenvalue weighted by molar-refractivity contribution is 4.53. The van der Waals surface area contributed by atoms with Crippen LogP contribution in [0.3, 0.4) is 0 Å². The van der Waals surface area contributed by atoms with Gasteiger partial charge in [-0.3, -0.25) is 0 Å². The fraction of sp³-hybridized carbons (Fsp3) is 1.00. The van der Waals surface area contributed by atoms with Crippen molar-refractivity contribution in [2.75, 3.05) is 53.4 Å². The van der Waals surface area contributed by atoms with Gasteiger partial charge in [0.05, 0.1) is 40.3 Å². The van der Waals surface area contributed by atoms with E-state index in [1.165, 1.54) is 202 Å². The second-order valence-electron chi connectivity index (χ2n) is 13.7. The number of likely N-dealkylation sites (N-methyl/N-ethyl adjacent to an activating group) is 2. The molecule has 4 heteroatoms. The van der Waals surface area contributed by atoms with E-state index in [1.54, 1.807) is 0 Å². The smallest absolute Gasteiger partial charge is 0.128 e. The second-order valence-corrected chi connectivity index (χ2v) is 13.7. The summed E-state index contributed by atoms with van der Waals surface area (Å²) >= 11 is 0. The maximum absolute atomic E-state index is 2.62. The molecule has 0 amide bonds. The topological polar surface area (TPSA) is 0 Å². The number of quaternary nitrogens is 2. The number of unbranched alkanes of at least 4 members (excludes halogenated alkanes) is 20. The maximum Gasteiger partial charge on any atom is 0.128 e. The lowest BCUT2D eigenvalue weighted by Gasteiger charge is -2.40. The predicted molar refractivity (Wildman–Crippen MR) is 175 cm³/mol. The van der Waals surface area contributed by atoms with E-state index in [2.05, 4.69) is 41.8 Å². The number of rotatable bonds is 31. The van der Waals surface area contributed by atoms with Crippen molar-refractivity contribution in [3.63, 3.8) is 0 Å². The Kier molecular flexibility index (Phi) is 37.1. The number of hydrogen-bond acceptors (Lipinski definition) is 0. The van der Waals surface area contributed by atoms with E-state index in [0.717, 1.165) is 0 Å². The largest absolute Gasteiger partial charge is 1.00 e. The molecule has 0 fully saturated rings. The van der Waals surface area contributed by atoms with Gasteiger partial charge in [-0.15, -0.1) is 0 Å². The first-order valence-electron chi connectivity index (χ1n) is 18.1. The van der Waals surface area contributed by atoms with Crippen LogP contribution in [-0.4, -0.2) is 62.3 Å². The molecule has 40 heavy (non-hydrogen) atoms. The number of nitrogens with zero attached hydrogens (tertiary/aromatic N) is 2. The minimum Gasteiger partial charge on any atom is -1.00 e. The molecule has 0 saturated carbocycles. The Hall–Kier alpha value is 0.880. The van der Waals surface area contributed by atoms with Crippen molar-refractivity contribution in [3.05, 3.63) is 0 Å². The van der Waals surface area contributed by atoms with E-state index in [4.69, 9.17) is 0 Å². The third-order valence-corrected chi connectivity index (χ3v) is 9.39. The molecular weight excluding hydrogens is 620 g/mol. The molecule has 0 atom stereocenters. The third-order valence-electron chi connectivity index (χ3n) is 9.39. The van der Waals surface area contributed by atoms with Crippen molar-refractivity contribution in [2.45, 2.75) is 182 Å². The normalized spacial score (nSPS) is 11.8. The van der Waals surface area contributed by atoms with Gasteiger partial charge in [0.1, 0.15) is 13.1 Å². The Balaban J connectivity index is -0.00000684. The predicted octanol–water partition coefficient (Wildman–Crippen LogP) is 5.33. The van der Waals surface area contributed by atoms with Crippen LogP contribution in [0.2, 0.25) is 0 Å². The monoisotopic (exact) mass is 696 g/mol. The summed E-state index contributed by atoms with van der Waals surface area (Å²) in [5, 5.41) is 0. The summed E-state index contributed by atoms with van der Waals surface area (Å²) < 4.78 is 2.67. The first-order valence-corrected chi connectivity index (χ1v) is 18.1. The molecule has 246 valence electrons. The molecule has 0 aromatic carbocycles. The first-order chi connectivity index (χ1) is 18.4. The Labute approximate surface area is 276 Å². The quantitative estimate of drug-likeness (QED) is 0.0679. The average molecular weight is 699 g/mol. The summed E-state index contributed by atoms with van der Waals surface area (Å²) in [7, 11) is 5.25. The van der Waals surface area contributed by atoms with E-state index in [0.29, 0.717) is 0 Å². The van der Waals surface area contributed by atoms with E-state index in [1.807, 2.05) is 0 Å². The van der Waals surface area contributed by atoms with Crippen LogP contribution in [0.5, 0.6) is 0 Å². The highest BCUT2D eigenvalue weighted by atomic mass is 79.9. The van der Waals surface area contributed by atoms with Gasteiger partial charge in [0.25, 0.3) is 0 Å². The molecule has 0 unspecified atom stereocenters. The molecule has 0 aromatic heterocycles. The van der Waals surface area contributed by atoms with Crippen molar-refractivity contribution < 1.29 is 42.9 Å². The summed E-state index contributed by atoms with van der Waals surface area (Å²) in [6.07, 6.45) is 34.3. The highest BCUT2D eigenvalue weighted by Gasteiger charge is 2.28. The molecule has 0 spiro atoms. The van der Waals surface area contributed by atoms with E-state index >= 15 is 0 Å². The van der Waals surface area contributed by atoms with Crippen molar-refractivity contribution in [3.8, 4) is 0 Å². The van der Waals surface area contributed by atoms with E-state index in [9.17, 15) is 0 Å². The molecule has 0 aromatic rings. The summed E-state index contributed by atoms with van der Waals surface area (Å²) in [6, 6.07) is 0. The number of halogens is 2. The molecule has 0 saturated heterocycles. The zero-order chi connectivity index (χ0) is 28.2. The van der Waals surface area contributed by atoms with Crippen LogP contribution in [0, 0.1) is 0 Å². The molecule has 0 N–H and O–H groups in total. The van der Waals surface area contributed by atoms with Gasteiger partial charge in [0.15, 0.2) is 0 Å². The van der Waals surface area contributed by atoms with Crippen molar-refractivity contribution in [1.29, 1.82) is 0 Å². The van der Waals surface area contributed by atoms with Crippen LogP contribution in [0.15, 0.2) is 0 Å². The minimum atomic E-state index is 0. The van der Waals surface area contributed by atoms with Crippen molar-refractivity contribution in [2.24, 2.45) is 0 Å². The van der Waals surface area contributed by atoms with Gasteiger partial charge in [-0.1, -0.05) is 130 Å². The van der Waals surface area contributed by atoms with Crippen LogP contribution >= 0.6 is 0 Å². The van der Waals surface area contributed by atoms with Crippen LogP contribution in [0.1, 0.15) is 182 Å². The lowest BCUT2D eigenvalue weighted by molar-refractivity contribution is -0.964. The van der Waals surface area contributed by atoms with Gasteiger partial charge in [-0.2, -0.15) is 0 Å². The van der Waals surface area contributed by atoms with Crippen molar-refractivity contribution in [1.82, 2.24) is 0 Å². The van der Waals surface area contributed by atoms with E-state index < -0.39 is 0 Å². The fourth-order valence-corrected chi connectivity index (χ4v) is 6.25. The Morgan fingerprint density at radius 2 is 0.425 bits per heavy atom. The van der Waals surface area contributed by atoms with Crippen LogP contribution in [-0.2, 0) is 0 Å². The summed E-state index contributed by atoms with van der Waals surface area (Å²) in [5.41, 5.74) is 0. The SMILES string of the molecule is CCCCCCCC[N+](C)(CCCCCCCC)CC[N+](C)(CCCCCCCC)CCCCCCCC.[Br-].[Br-]. The Morgan fingerprint density at radius 1 is 0.250 bits per heavy atom. The van der Waals surface area contributed by atoms with Crippen molar-refractivity contribution >= 4 is 0 Å². The standard InChI is InChI=1S/C36H78N2.2BrH/c1-7-11-15-19-23-27-31-37(5,32-28-24-20-16-12-8-2)35-36-38(6,33-29-25-21-17-13-9-3)34-30-26-22-18-14-10-4;;/h7-36H2,1-6H3;2*1H/q+2;;/p-2. The summed E-state index contributed by atoms with van der Waals surface area (Å²) in [4.78, 5) is 0. The third kappa shape index (κ3) is 29.0. The zero-order valence-electron chi connectivity index (χ0n) is 28.9. The molecule has 0 aliphatic rings. The van der Waals surface area contributed by atoms with Crippen LogP contribution < -0.4 is 34.0 Å². The molecular formula is C36H78Br2N2. The van der Waals surface area contributed by atoms with Gasteiger partial charge in [-0.05, 0) is 51.4 Å². The highest BCUT2D eigenvalue weighted by Crippen LogP contribution is 2.18. The van der Waals surface area contributed by atoms with Crippen LogP contribution in [0.25, 0.3) is 0 Å². The minimum absolute atomic E-state index is 0. The second kappa shape index (κ2) is 32.8. The lowest BCUT2D eigenvalue weighted by Crippen LogP contribution is -3.00. The molecule has 0 heterocycles. The maximum atomic E-state index is 2.62. The lowest BCUT2D eigenvalue weighted by atomic mass is 10.1. The van der Waals surface area contributed by atoms with Gasteiger partial charge in [0.2, 0.25) is 0 Å². The average Bonchev–Trinajstić information content (AvgIpc) is 2.91. The molecule has 0 bridgehead atoms. The summed E-state index contributed by atoms with van der Waals surface area (Å²) in [5.74, 6) is 0. The summed E-state index contributed by atoms with van der Waals surface area (Å²) in [6.45, 7) is 17.8. The molecule has 2 nitrogen and oxygen atoms in total. The van der Waals surface area contributed by atoms with Gasteiger partial charge < -0.3 is 42.9 Å². The Morgan fingerprint density at radius 3 is 0.625 bits per heavy atom. The molecule has 0 aliphatic heterocycles. The van der Waals surface area contributed by atoms with E-state index in [-0.39, 0.29) is 34.0 Å². The number of hydrogen-bond donors (Lipinski definition) is 0. The van der Waals surface area contributed by atoms with Gasteiger partial charge >= 0.3 is 0 Å². The van der Waals surface area contributed by atoms with Crippen LogP contribution in [0.4, 0.5) is 0 Å². The zero-order valence-corrected chi connectivity index (χ0v) is 32.0. The van der Waals surface area contributed by atoms with Gasteiger partial charge in [-0.25, -0.2) is 0 Å². The molecule has 0 aliphatic carbocycles. The molecule has 0 rings (SSSR count). The Bertz CT molecular complexity index is 398. The van der Waals surface area contributed by atoms with Gasteiger partial charge in [0, 0.05) is 0 Å². The molecule has 0 radical (unpaired) electrons.